The molecule has 21 heavy (non-hydrogen) atoms. The van der Waals surface area contributed by atoms with Crippen LogP contribution < -0.4 is 14.8 Å². The minimum absolute atomic E-state index is 0.298. The molecule has 1 unspecified atom stereocenters. The maximum atomic E-state index is 5.73. The molecule has 1 aromatic carbocycles. The van der Waals surface area contributed by atoms with E-state index in [9.17, 15) is 0 Å². The quantitative estimate of drug-likeness (QED) is 0.671. The third-order valence-corrected chi connectivity index (χ3v) is 3.13. The van der Waals surface area contributed by atoms with Gasteiger partial charge in [-0.15, -0.1) is 0 Å². The van der Waals surface area contributed by atoms with Crippen molar-refractivity contribution < 1.29 is 14.2 Å². The van der Waals surface area contributed by atoms with Crippen LogP contribution in [0.4, 0.5) is 0 Å². The number of benzene rings is 1. The van der Waals surface area contributed by atoms with Gasteiger partial charge in [0.2, 0.25) is 0 Å². The van der Waals surface area contributed by atoms with E-state index < -0.39 is 0 Å². The fraction of sp³-hybridized carbons (Fsp3) is 0.647. The lowest BCUT2D eigenvalue weighted by Crippen LogP contribution is -2.17. The average molecular weight is 295 g/mol. The molecule has 0 aliphatic carbocycles. The molecule has 4 heteroatoms. The van der Waals surface area contributed by atoms with Crippen LogP contribution in [0, 0.1) is 5.92 Å². The van der Waals surface area contributed by atoms with Crippen LogP contribution in [0.15, 0.2) is 18.2 Å². The Morgan fingerprint density at radius 2 is 1.86 bits per heavy atom. The van der Waals surface area contributed by atoms with Gasteiger partial charge in [-0.2, -0.15) is 0 Å². The molecule has 0 amide bonds. The van der Waals surface area contributed by atoms with Crippen LogP contribution in [0.25, 0.3) is 0 Å². The van der Waals surface area contributed by atoms with Crippen molar-refractivity contribution in [2.45, 2.75) is 33.7 Å². The molecule has 1 N–H and O–H groups in total. The van der Waals surface area contributed by atoms with Crippen LogP contribution in [-0.2, 0) is 4.74 Å². The molecule has 0 saturated heterocycles. The molecule has 0 fully saturated rings. The first kappa shape index (κ1) is 17.8. The standard InChI is InChI=1S/C17H29NO3/c1-6-18-14(4)15-7-8-16(17(11-15)19-5)21-10-9-20-12-13(2)3/h7-8,11,13-14,18H,6,9-10,12H2,1-5H3. The molecule has 0 aliphatic heterocycles. The van der Waals surface area contributed by atoms with E-state index in [-0.39, 0.29) is 0 Å². The highest BCUT2D eigenvalue weighted by Gasteiger charge is 2.10. The summed E-state index contributed by atoms with van der Waals surface area (Å²) in [6.07, 6.45) is 0. The molecule has 1 rings (SSSR count). The molecule has 0 spiro atoms. The number of nitrogens with one attached hydrogen (secondary N) is 1. The lowest BCUT2D eigenvalue weighted by atomic mass is 10.1. The van der Waals surface area contributed by atoms with E-state index in [1.54, 1.807) is 7.11 Å². The minimum atomic E-state index is 0.298. The van der Waals surface area contributed by atoms with Crippen molar-refractivity contribution in [1.29, 1.82) is 0 Å². The number of ether oxygens (including phenoxy) is 3. The van der Waals surface area contributed by atoms with Crippen molar-refractivity contribution in [2.75, 3.05) is 33.5 Å². The molecule has 1 aromatic rings. The number of rotatable bonds is 10. The highest BCUT2D eigenvalue weighted by molar-refractivity contribution is 5.43. The summed E-state index contributed by atoms with van der Waals surface area (Å²) < 4.78 is 16.7. The zero-order valence-electron chi connectivity index (χ0n) is 13.9. The average Bonchev–Trinajstić information content (AvgIpc) is 2.46. The van der Waals surface area contributed by atoms with E-state index in [4.69, 9.17) is 14.2 Å². The summed E-state index contributed by atoms with van der Waals surface area (Å²) in [5.41, 5.74) is 1.19. The third-order valence-electron chi connectivity index (χ3n) is 3.13. The Kier molecular flexibility index (Phi) is 8.16. The Bertz CT molecular complexity index is 407. The van der Waals surface area contributed by atoms with E-state index in [0.717, 1.165) is 24.7 Å². The zero-order chi connectivity index (χ0) is 15.7. The van der Waals surface area contributed by atoms with E-state index in [1.807, 2.05) is 12.1 Å². The van der Waals surface area contributed by atoms with E-state index in [2.05, 4.69) is 39.1 Å². The Hall–Kier alpha value is -1.26. The van der Waals surface area contributed by atoms with Gasteiger partial charge in [0.25, 0.3) is 0 Å². The van der Waals surface area contributed by atoms with Gasteiger partial charge in [0.15, 0.2) is 11.5 Å². The fourth-order valence-corrected chi connectivity index (χ4v) is 2.03. The van der Waals surface area contributed by atoms with Gasteiger partial charge in [-0.05, 0) is 37.1 Å². The van der Waals surface area contributed by atoms with Gasteiger partial charge in [0.05, 0.1) is 13.7 Å². The molecule has 1 atom stereocenters. The van der Waals surface area contributed by atoms with Crippen molar-refractivity contribution in [3.8, 4) is 11.5 Å². The van der Waals surface area contributed by atoms with E-state index >= 15 is 0 Å². The van der Waals surface area contributed by atoms with Gasteiger partial charge in [-0.1, -0.05) is 26.8 Å². The Morgan fingerprint density at radius 1 is 1.10 bits per heavy atom. The number of hydrogen-bond donors (Lipinski definition) is 1. The van der Waals surface area contributed by atoms with Crippen LogP contribution >= 0.6 is 0 Å². The summed E-state index contributed by atoms with van der Waals surface area (Å²) in [6, 6.07) is 6.36. The van der Waals surface area contributed by atoms with Crippen molar-refractivity contribution in [3.63, 3.8) is 0 Å². The van der Waals surface area contributed by atoms with Crippen LogP contribution in [0.1, 0.15) is 39.3 Å². The molecule has 0 heterocycles. The van der Waals surface area contributed by atoms with Gasteiger partial charge in [0, 0.05) is 12.6 Å². The van der Waals surface area contributed by atoms with Crippen molar-refractivity contribution >= 4 is 0 Å². The van der Waals surface area contributed by atoms with Crippen molar-refractivity contribution in [3.05, 3.63) is 23.8 Å². The molecular formula is C17H29NO3. The molecular weight excluding hydrogens is 266 g/mol. The van der Waals surface area contributed by atoms with E-state index in [1.165, 1.54) is 5.56 Å². The fourth-order valence-electron chi connectivity index (χ4n) is 2.03. The second kappa shape index (κ2) is 9.64. The Labute approximate surface area is 128 Å². The summed E-state index contributed by atoms with van der Waals surface area (Å²) in [4.78, 5) is 0. The number of hydrogen-bond acceptors (Lipinski definition) is 4. The Morgan fingerprint density at radius 3 is 2.48 bits per heavy atom. The van der Waals surface area contributed by atoms with Crippen molar-refractivity contribution in [2.24, 2.45) is 5.92 Å². The maximum absolute atomic E-state index is 5.73. The monoisotopic (exact) mass is 295 g/mol. The SMILES string of the molecule is CCNC(C)c1ccc(OCCOCC(C)C)c(OC)c1. The summed E-state index contributed by atoms with van der Waals surface area (Å²) in [5, 5.41) is 3.39. The predicted octanol–water partition coefficient (Wildman–Crippen LogP) is 3.42. The van der Waals surface area contributed by atoms with Gasteiger partial charge < -0.3 is 19.5 Å². The second-order valence-electron chi connectivity index (χ2n) is 5.51. The lowest BCUT2D eigenvalue weighted by Gasteiger charge is -2.16. The molecule has 0 bridgehead atoms. The highest BCUT2D eigenvalue weighted by Crippen LogP contribution is 2.30. The summed E-state index contributed by atoms with van der Waals surface area (Å²) >= 11 is 0. The lowest BCUT2D eigenvalue weighted by molar-refractivity contribution is 0.0810. The van der Waals surface area contributed by atoms with Gasteiger partial charge in [-0.25, -0.2) is 0 Å². The van der Waals surface area contributed by atoms with Gasteiger partial charge in [-0.3, -0.25) is 0 Å². The maximum Gasteiger partial charge on any atom is 0.161 e. The van der Waals surface area contributed by atoms with Crippen LogP contribution in [-0.4, -0.2) is 33.5 Å². The van der Waals surface area contributed by atoms with Crippen LogP contribution in [0.3, 0.4) is 0 Å². The molecule has 0 aliphatic rings. The van der Waals surface area contributed by atoms with Crippen LogP contribution in [0.2, 0.25) is 0 Å². The van der Waals surface area contributed by atoms with Crippen molar-refractivity contribution in [1.82, 2.24) is 5.32 Å². The van der Waals surface area contributed by atoms with Crippen LogP contribution in [0.5, 0.6) is 11.5 Å². The molecule has 0 saturated carbocycles. The normalized spacial score (nSPS) is 12.5. The first-order valence-corrected chi connectivity index (χ1v) is 7.70. The summed E-state index contributed by atoms with van der Waals surface area (Å²) in [6.45, 7) is 11.3. The van der Waals surface area contributed by atoms with Gasteiger partial charge in [0.1, 0.15) is 6.61 Å². The van der Waals surface area contributed by atoms with E-state index in [0.29, 0.717) is 25.2 Å². The molecule has 120 valence electrons. The first-order chi connectivity index (χ1) is 10.1. The van der Waals surface area contributed by atoms with Gasteiger partial charge >= 0.3 is 0 Å². The third kappa shape index (κ3) is 6.36. The minimum Gasteiger partial charge on any atom is -0.493 e. The first-order valence-electron chi connectivity index (χ1n) is 7.70. The highest BCUT2D eigenvalue weighted by atomic mass is 16.5. The summed E-state index contributed by atoms with van der Waals surface area (Å²) in [7, 11) is 1.67. The predicted molar refractivity (Wildman–Crippen MR) is 86.2 cm³/mol. The molecule has 0 aromatic heterocycles. The Balaban J connectivity index is 2.54. The largest absolute Gasteiger partial charge is 0.493 e. The molecule has 4 nitrogen and oxygen atoms in total. The zero-order valence-corrected chi connectivity index (χ0v) is 13.9. The second-order valence-corrected chi connectivity index (χ2v) is 5.51. The summed E-state index contributed by atoms with van der Waals surface area (Å²) in [5.74, 6) is 2.07. The number of methoxy groups -OCH3 is 1. The topological polar surface area (TPSA) is 39.7 Å². The molecule has 0 radical (unpaired) electrons. The smallest absolute Gasteiger partial charge is 0.161 e.